The van der Waals surface area contributed by atoms with Crippen molar-refractivity contribution >= 4 is 11.9 Å². The Morgan fingerprint density at radius 2 is 1.69 bits per heavy atom. The Labute approximate surface area is 154 Å². The van der Waals surface area contributed by atoms with Crippen LogP contribution in [0.3, 0.4) is 0 Å². The highest BCUT2D eigenvalue weighted by Crippen LogP contribution is 2.25. The summed E-state index contributed by atoms with van der Waals surface area (Å²) in [6, 6.07) is -1.43. The molecule has 2 N–H and O–H groups in total. The van der Waals surface area contributed by atoms with Crippen molar-refractivity contribution in [1.29, 1.82) is 0 Å². The quantitative estimate of drug-likeness (QED) is 0.434. The van der Waals surface area contributed by atoms with Gasteiger partial charge in [-0.15, -0.1) is 0 Å². The Hall–Kier alpha value is -1.51. The van der Waals surface area contributed by atoms with Crippen LogP contribution in [0.4, 0.5) is 13.2 Å². The smallest absolute Gasteiger partial charge is 0.357 e. The summed E-state index contributed by atoms with van der Waals surface area (Å²) in [6.45, 7) is 11.8. The lowest BCUT2D eigenvalue weighted by atomic mass is 9.96. The molecule has 152 valence electrons. The van der Waals surface area contributed by atoms with Crippen molar-refractivity contribution < 1.29 is 18.0 Å². The molecule has 1 saturated heterocycles. The molecule has 1 aliphatic heterocycles. The van der Waals surface area contributed by atoms with Crippen LogP contribution in [-0.2, 0) is 4.79 Å². The molecule has 6 nitrogen and oxygen atoms in total. The van der Waals surface area contributed by atoms with Crippen LogP contribution in [0.25, 0.3) is 0 Å². The van der Waals surface area contributed by atoms with Crippen LogP contribution in [0.1, 0.15) is 34.6 Å². The van der Waals surface area contributed by atoms with Crippen LogP contribution in [-0.4, -0.2) is 79.7 Å². The Kier molecular flexibility index (Phi) is 8.17. The van der Waals surface area contributed by atoms with Gasteiger partial charge in [0.05, 0.1) is 6.54 Å². The normalized spacial score (nSPS) is 18.6. The van der Waals surface area contributed by atoms with E-state index in [2.05, 4.69) is 15.6 Å². The Morgan fingerprint density at radius 1 is 1.12 bits per heavy atom. The average molecular weight is 379 g/mol. The van der Waals surface area contributed by atoms with E-state index in [9.17, 15) is 18.0 Å². The number of hydrogen-bond donors (Lipinski definition) is 2. The number of carbonyl (C=O) groups excluding carboxylic acids is 1. The van der Waals surface area contributed by atoms with Gasteiger partial charge in [0.25, 0.3) is 0 Å². The van der Waals surface area contributed by atoms with Crippen molar-refractivity contribution in [3.8, 4) is 0 Å². The van der Waals surface area contributed by atoms with E-state index in [0.717, 1.165) is 0 Å². The number of guanidine groups is 1. The van der Waals surface area contributed by atoms with E-state index in [-0.39, 0.29) is 5.91 Å². The molecule has 0 aliphatic carbocycles. The minimum absolute atomic E-state index is 0.0348. The van der Waals surface area contributed by atoms with Gasteiger partial charge in [0.15, 0.2) is 5.96 Å². The molecule has 1 unspecified atom stereocenters. The van der Waals surface area contributed by atoms with Crippen LogP contribution in [0.2, 0.25) is 0 Å². The van der Waals surface area contributed by atoms with Crippen LogP contribution >= 0.6 is 0 Å². The van der Waals surface area contributed by atoms with Crippen LogP contribution in [0, 0.1) is 5.41 Å². The lowest BCUT2D eigenvalue weighted by molar-refractivity contribution is -0.181. The van der Waals surface area contributed by atoms with Gasteiger partial charge in [-0.2, -0.15) is 13.2 Å². The molecule has 9 heteroatoms. The zero-order valence-electron chi connectivity index (χ0n) is 16.4. The second-order valence-electron chi connectivity index (χ2n) is 7.48. The molecular weight excluding hydrogens is 347 g/mol. The Morgan fingerprint density at radius 3 is 2.15 bits per heavy atom. The number of halogens is 3. The topological polar surface area (TPSA) is 60.0 Å². The zero-order chi connectivity index (χ0) is 20.0. The third-order valence-corrected chi connectivity index (χ3v) is 4.31. The van der Waals surface area contributed by atoms with Crippen molar-refractivity contribution in [3.05, 3.63) is 0 Å². The van der Waals surface area contributed by atoms with Gasteiger partial charge >= 0.3 is 6.18 Å². The van der Waals surface area contributed by atoms with Crippen molar-refractivity contribution in [2.45, 2.75) is 46.8 Å². The van der Waals surface area contributed by atoms with Gasteiger partial charge in [-0.3, -0.25) is 14.7 Å². The molecule has 1 heterocycles. The molecule has 26 heavy (non-hydrogen) atoms. The summed E-state index contributed by atoms with van der Waals surface area (Å²) >= 11 is 0. The first-order valence-corrected chi connectivity index (χ1v) is 9.09. The maximum absolute atomic E-state index is 12.8. The molecule has 0 radical (unpaired) electrons. The SMILES string of the molecule is CCNC(=NCCNC(=O)C(C)(C)C)N1CCN(C(C)C(F)(F)F)CC1. The monoisotopic (exact) mass is 379 g/mol. The second-order valence-corrected chi connectivity index (χ2v) is 7.48. The Balaban J connectivity index is 2.54. The summed E-state index contributed by atoms with van der Waals surface area (Å²) in [5.74, 6) is 0.643. The summed E-state index contributed by atoms with van der Waals surface area (Å²) < 4.78 is 38.5. The number of piperazine rings is 1. The van der Waals surface area contributed by atoms with Crippen molar-refractivity contribution in [2.75, 3.05) is 45.8 Å². The van der Waals surface area contributed by atoms with E-state index in [1.165, 1.54) is 11.8 Å². The molecule has 1 fully saturated rings. The molecule has 1 amide bonds. The molecule has 0 bridgehead atoms. The van der Waals surface area contributed by atoms with E-state index in [4.69, 9.17) is 0 Å². The zero-order valence-corrected chi connectivity index (χ0v) is 16.4. The van der Waals surface area contributed by atoms with Gasteiger partial charge in [-0.25, -0.2) is 0 Å². The van der Waals surface area contributed by atoms with Crippen LogP contribution in [0.15, 0.2) is 4.99 Å². The van der Waals surface area contributed by atoms with Gasteiger partial charge in [0, 0.05) is 44.7 Å². The number of carbonyl (C=O) groups is 1. The van der Waals surface area contributed by atoms with E-state index < -0.39 is 17.6 Å². The van der Waals surface area contributed by atoms with Gasteiger partial charge in [-0.05, 0) is 13.8 Å². The van der Waals surface area contributed by atoms with Crippen molar-refractivity contribution in [1.82, 2.24) is 20.4 Å². The van der Waals surface area contributed by atoms with Crippen molar-refractivity contribution in [3.63, 3.8) is 0 Å². The van der Waals surface area contributed by atoms with E-state index >= 15 is 0 Å². The molecule has 0 saturated carbocycles. The van der Waals surface area contributed by atoms with E-state index in [0.29, 0.717) is 51.8 Å². The van der Waals surface area contributed by atoms with Gasteiger partial charge < -0.3 is 15.5 Å². The van der Waals surface area contributed by atoms with Gasteiger partial charge in [-0.1, -0.05) is 20.8 Å². The second kappa shape index (κ2) is 9.43. The first-order valence-electron chi connectivity index (χ1n) is 9.09. The summed E-state index contributed by atoms with van der Waals surface area (Å²) in [5, 5.41) is 6.00. The minimum Gasteiger partial charge on any atom is -0.357 e. The number of rotatable bonds is 5. The van der Waals surface area contributed by atoms with E-state index in [1.807, 2.05) is 32.6 Å². The van der Waals surface area contributed by atoms with E-state index in [1.54, 1.807) is 0 Å². The molecule has 1 rings (SSSR count). The molecule has 1 aliphatic rings. The molecule has 1 atom stereocenters. The van der Waals surface area contributed by atoms with Crippen LogP contribution in [0.5, 0.6) is 0 Å². The summed E-state index contributed by atoms with van der Waals surface area (Å²) in [6.07, 6.45) is -4.20. The fourth-order valence-corrected chi connectivity index (χ4v) is 2.55. The van der Waals surface area contributed by atoms with Crippen LogP contribution < -0.4 is 10.6 Å². The minimum atomic E-state index is -4.20. The molecular formula is C17H32F3N5O. The molecule has 0 aromatic carbocycles. The number of nitrogens with one attached hydrogen (secondary N) is 2. The first-order chi connectivity index (χ1) is 12.0. The lowest BCUT2D eigenvalue weighted by Crippen LogP contribution is -2.56. The standard InChI is InChI=1S/C17H32F3N5O/c1-6-21-15(23-8-7-22-14(26)16(3,4)5)25-11-9-24(10-12-25)13(2)17(18,19)20/h13H,6-12H2,1-5H3,(H,21,23)(H,22,26). The fourth-order valence-electron chi connectivity index (χ4n) is 2.55. The predicted octanol–water partition coefficient (Wildman–Crippen LogP) is 1.68. The summed E-state index contributed by atoms with van der Waals surface area (Å²) in [5.41, 5.74) is -0.445. The molecule has 0 spiro atoms. The summed E-state index contributed by atoms with van der Waals surface area (Å²) in [7, 11) is 0. The maximum atomic E-state index is 12.8. The Bertz CT molecular complexity index is 480. The third kappa shape index (κ3) is 7.01. The number of amides is 1. The number of nitrogens with zero attached hydrogens (tertiary/aromatic N) is 3. The van der Waals surface area contributed by atoms with Crippen molar-refractivity contribution in [2.24, 2.45) is 10.4 Å². The third-order valence-electron chi connectivity index (χ3n) is 4.31. The fraction of sp³-hybridized carbons (Fsp3) is 0.882. The molecule has 0 aromatic rings. The van der Waals surface area contributed by atoms with Gasteiger partial charge in [0.1, 0.15) is 6.04 Å². The summed E-state index contributed by atoms with van der Waals surface area (Å²) in [4.78, 5) is 19.7. The predicted molar refractivity (Wildman–Crippen MR) is 97.1 cm³/mol. The highest BCUT2D eigenvalue weighted by atomic mass is 19.4. The number of hydrogen-bond acceptors (Lipinski definition) is 3. The molecule has 0 aromatic heterocycles. The first kappa shape index (κ1) is 22.5. The average Bonchev–Trinajstić information content (AvgIpc) is 2.55. The number of aliphatic imine (C=N–C) groups is 1. The maximum Gasteiger partial charge on any atom is 0.403 e. The lowest BCUT2D eigenvalue weighted by Gasteiger charge is -2.39. The largest absolute Gasteiger partial charge is 0.403 e. The number of alkyl halides is 3. The highest BCUT2D eigenvalue weighted by molar-refractivity contribution is 5.81. The highest BCUT2D eigenvalue weighted by Gasteiger charge is 2.41. The van der Waals surface area contributed by atoms with Gasteiger partial charge in [0.2, 0.25) is 5.91 Å².